The van der Waals surface area contributed by atoms with Crippen LogP contribution in [0.1, 0.15) is 46.1 Å². The predicted octanol–water partition coefficient (Wildman–Crippen LogP) is -0.0222. The van der Waals surface area contributed by atoms with Gasteiger partial charge in [0.05, 0.1) is 12.5 Å². The quantitative estimate of drug-likeness (QED) is 0.180. The Balaban J connectivity index is 3.11. The Morgan fingerprint density at radius 3 is 1.86 bits per heavy atom. The Hall–Kier alpha value is -3.67. The molecule has 200 valence electrons. The lowest BCUT2D eigenvalue weighted by atomic mass is 9.99. The van der Waals surface area contributed by atoms with Crippen LogP contribution in [0.15, 0.2) is 24.3 Å². The minimum absolute atomic E-state index is 0.00148. The number of hydrogen-bond acceptors (Lipinski definition) is 7. The third-order valence-electron chi connectivity index (χ3n) is 5.31. The van der Waals surface area contributed by atoms with Gasteiger partial charge >= 0.3 is 11.9 Å². The summed E-state index contributed by atoms with van der Waals surface area (Å²) in [4.78, 5) is 61.0. The average Bonchev–Trinajstić information content (AvgIpc) is 2.76. The molecule has 4 unspecified atom stereocenters. The molecule has 1 aromatic rings. The van der Waals surface area contributed by atoms with E-state index in [1.54, 1.807) is 13.8 Å². The van der Waals surface area contributed by atoms with E-state index in [0.29, 0.717) is 5.56 Å². The average molecular weight is 509 g/mol. The molecule has 0 fully saturated rings. The number of carboxylic acid groups (broad SMARTS) is 2. The van der Waals surface area contributed by atoms with E-state index in [1.165, 1.54) is 24.3 Å². The predicted molar refractivity (Wildman–Crippen MR) is 130 cm³/mol. The number of rotatable bonds is 14. The molecule has 0 bridgehead atoms. The van der Waals surface area contributed by atoms with Gasteiger partial charge in [-0.3, -0.25) is 19.2 Å². The van der Waals surface area contributed by atoms with E-state index in [-0.39, 0.29) is 24.5 Å². The zero-order valence-corrected chi connectivity index (χ0v) is 20.9. The summed E-state index contributed by atoms with van der Waals surface area (Å²) in [6.07, 6.45) is -0.501. The molecule has 0 saturated carbocycles. The molecule has 0 aliphatic heterocycles. The Labute approximate surface area is 209 Å². The number of aliphatic carboxylic acids is 2. The second-order valence-corrected chi connectivity index (χ2v) is 9.40. The first-order valence-corrected chi connectivity index (χ1v) is 11.6. The molecule has 0 saturated heterocycles. The normalized spacial score (nSPS) is 14.4. The number of carbonyl (C=O) groups excluding carboxylic acids is 3. The molecule has 4 atom stereocenters. The van der Waals surface area contributed by atoms with Crippen molar-refractivity contribution in [3.05, 3.63) is 29.8 Å². The molecular weight excluding hydrogens is 472 g/mol. The standard InChI is InChI=1S/C24H36N4O8/c1-12(2)9-18(24(35)36)27-23(34)20(13(3)4)28-22(33)17(10-14-5-7-15(29)8-6-14)26-21(32)16(25)11-19(30)31/h5-8,12-13,16-18,20,29H,9-11,25H2,1-4H3,(H,26,32)(H,27,34)(H,28,33)(H,30,31)(H,35,36). The molecule has 3 amide bonds. The van der Waals surface area contributed by atoms with Crippen LogP contribution in [0.3, 0.4) is 0 Å². The van der Waals surface area contributed by atoms with E-state index in [0.717, 1.165) is 0 Å². The van der Waals surface area contributed by atoms with Gasteiger partial charge in [0, 0.05) is 6.42 Å². The number of carbonyl (C=O) groups is 5. The summed E-state index contributed by atoms with van der Waals surface area (Å²) in [6, 6.07) is 0.969. The molecule has 1 aromatic carbocycles. The zero-order chi connectivity index (χ0) is 27.6. The van der Waals surface area contributed by atoms with Crippen molar-refractivity contribution in [3.8, 4) is 5.75 Å². The number of amides is 3. The summed E-state index contributed by atoms with van der Waals surface area (Å²) >= 11 is 0. The first kappa shape index (κ1) is 30.4. The summed E-state index contributed by atoms with van der Waals surface area (Å²) in [5.74, 6) is -5.23. The van der Waals surface area contributed by atoms with Gasteiger partial charge in [0.15, 0.2) is 0 Å². The molecule has 0 aliphatic carbocycles. The number of phenolic OH excluding ortho intramolecular Hbond substituents is 1. The third kappa shape index (κ3) is 10.3. The van der Waals surface area contributed by atoms with Gasteiger partial charge in [-0.1, -0.05) is 39.8 Å². The van der Waals surface area contributed by atoms with Crippen LogP contribution in [0.25, 0.3) is 0 Å². The van der Waals surface area contributed by atoms with Crippen molar-refractivity contribution >= 4 is 29.7 Å². The highest BCUT2D eigenvalue weighted by molar-refractivity contribution is 5.95. The minimum Gasteiger partial charge on any atom is -0.508 e. The number of carboxylic acids is 2. The highest BCUT2D eigenvalue weighted by atomic mass is 16.4. The van der Waals surface area contributed by atoms with Gasteiger partial charge in [0.1, 0.15) is 23.9 Å². The molecule has 0 aliphatic rings. The molecular formula is C24H36N4O8. The van der Waals surface area contributed by atoms with E-state index in [4.69, 9.17) is 10.8 Å². The highest BCUT2D eigenvalue weighted by Crippen LogP contribution is 2.13. The SMILES string of the molecule is CC(C)CC(NC(=O)C(NC(=O)C(Cc1ccc(O)cc1)NC(=O)C(N)CC(=O)O)C(C)C)C(=O)O. The van der Waals surface area contributed by atoms with Crippen LogP contribution in [0.4, 0.5) is 0 Å². The largest absolute Gasteiger partial charge is 0.508 e. The number of nitrogens with two attached hydrogens (primary N) is 1. The molecule has 0 spiro atoms. The van der Waals surface area contributed by atoms with Crippen molar-refractivity contribution in [1.82, 2.24) is 16.0 Å². The second-order valence-electron chi connectivity index (χ2n) is 9.40. The summed E-state index contributed by atoms with van der Waals surface area (Å²) < 4.78 is 0. The summed E-state index contributed by atoms with van der Waals surface area (Å²) in [6.45, 7) is 6.96. The fourth-order valence-electron chi connectivity index (χ4n) is 3.38. The fraction of sp³-hybridized carbons (Fsp3) is 0.542. The Morgan fingerprint density at radius 1 is 0.833 bits per heavy atom. The van der Waals surface area contributed by atoms with E-state index < -0.39 is 66.2 Å². The van der Waals surface area contributed by atoms with Crippen molar-refractivity contribution < 1.29 is 39.3 Å². The van der Waals surface area contributed by atoms with Gasteiger partial charge in [-0.15, -0.1) is 0 Å². The maximum absolute atomic E-state index is 13.2. The zero-order valence-electron chi connectivity index (χ0n) is 20.9. The van der Waals surface area contributed by atoms with Gasteiger partial charge in [0.25, 0.3) is 0 Å². The maximum Gasteiger partial charge on any atom is 0.326 e. The first-order valence-electron chi connectivity index (χ1n) is 11.6. The highest BCUT2D eigenvalue weighted by Gasteiger charge is 2.32. The van der Waals surface area contributed by atoms with Crippen LogP contribution in [0.5, 0.6) is 5.75 Å². The summed E-state index contributed by atoms with van der Waals surface area (Å²) in [5.41, 5.74) is 6.19. The van der Waals surface area contributed by atoms with Gasteiger partial charge in [0.2, 0.25) is 17.7 Å². The monoisotopic (exact) mass is 508 g/mol. The van der Waals surface area contributed by atoms with Crippen molar-refractivity contribution in [2.75, 3.05) is 0 Å². The van der Waals surface area contributed by atoms with Crippen molar-refractivity contribution in [3.63, 3.8) is 0 Å². The number of benzene rings is 1. The maximum atomic E-state index is 13.2. The van der Waals surface area contributed by atoms with Crippen LogP contribution in [-0.4, -0.2) is 69.1 Å². The molecule has 1 rings (SSSR count). The first-order chi connectivity index (χ1) is 16.7. The smallest absolute Gasteiger partial charge is 0.326 e. The molecule has 0 aromatic heterocycles. The minimum atomic E-state index is -1.41. The molecule has 12 nitrogen and oxygen atoms in total. The number of nitrogens with one attached hydrogen (secondary N) is 3. The number of aromatic hydroxyl groups is 1. The molecule has 36 heavy (non-hydrogen) atoms. The van der Waals surface area contributed by atoms with Crippen molar-refractivity contribution in [1.29, 1.82) is 0 Å². The van der Waals surface area contributed by atoms with Gasteiger partial charge in [-0.05, 0) is 36.0 Å². The van der Waals surface area contributed by atoms with E-state index in [1.807, 2.05) is 13.8 Å². The third-order valence-corrected chi connectivity index (χ3v) is 5.31. The summed E-state index contributed by atoms with van der Waals surface area (Å²) in [7, 11) is 0. The van der Waals surface area contributed by atoms with Crippen LogP contribution in [0, 0.1) is 11.8 Å². The molecule has 8 N–H and O–H groups in total. The van der Waals surface area contributed by atoms with Gasteiger partial charge < -0.3 is 37.0 Å². The Bertz CT molecular complexity index is 933. The van der Waals surface area contributed by atoms with Crippen molar-refractivity contribution in [2.24, 2.45) is 17.6 Å². The van der Waals surface area contributed by atoms with Crippen LogP contribution in [0.2, 0.25) is 0 Å². The van der Waals surface area contributed by atoms with Gasteiger partial charge in [-0.2, -0.15) is 0 Å². The summed E-state index contributed by atoms with van der Waals surface area (Å²) in [5, 5.41) is 35.3. The van der Waals surface area contributed by atoms with Crippen LogP contribution >= 0.6 is 0 Å². The number of phenols is 1. The van der Waals surface area contributed by atoms with Crippen molar-refractivity contribution in [2.45, 2.75) is 71.1 Å². The lowest BCUT2D eigenvalue weighted by molar-refractivity contribution is -0.143. The van der Waals surface area contributed by atoms with E-state index >= 15 is 0 Å². The lowest BCUT2D eigenvalue weighted by Gasteiger charge is -2.27. The van der Waals surface area contributed by atoms with Crippen LogP contribution in [-0.2, 0) is 30.4 Å². The Morgan fingerprint density at radius 2 is 1.39 bits per heavy atom. The topological polar surface area (TPSA) is 208 Å². The fourth-order valence-corrected chi connectivity index (χ4v) is 3.38. The lowest BCUT2D eigenvalue weighted by Crippen LogP contribution is -2.59. The number of hydrogen-bond donors (Lipinski definition) is 7. The van der Waals surface area contributed by atoms with Crippen LogP contribution < -0.4 is 21.7 Å². The molecule has 0 radical (unpaired) electrons. The Kier molecular flexibility index (Phi) is 11.8. The molecule has 0 heterocycles. The van der Waals surface area contributed by atoms with E-state index in [9.17, 15) is 34.2 Å². The van der Waals surface area contributed by atoms with E-state index in [2.05, 4.69) is 16.0 Å². The van der Waals surface area contributed by atoms with Gasteiger partial charge in [-0.25, -0.2) is 4.79 Å². The second kappa shape index (κ2) is 14.0. The molecule has 12 heteroatoms.